The lowest BCUT2D eigenvalue weighted by atomic mass is 9.91. The molecule has 0 saturated carbocycles. The van der Waals surface area contributed by atoms with Gasteiger partial charge in [-0.1, -0.05) is 24.3 Å². The van der Waals surface area contributed by atoms with Crippen LogP contribution in [-0.2, 0) is 4.79 Å². The van der Waals surface area contributed by atoms with E-state index in [-0.39, 0.29) is 11.8 Å². The van der Waals surface area contributed by atoms with Gasteiger partial charge in [0, 0.05) is 18.8 Å². The van der Waals surface area contributed by atoms with Gasteiger partial charge < -0.3 is 4.90 Å². The van der Waals surface area contributed by atoms with E-state index in [9.17, 15) is 4.79 Å². The molecule has 2 aliphatic heterocycles. The molecule has 0 aromatic heterocycles. The van der Waals surface area contributed by atoms with Crippen molar-refractivity contribution in [3.8, 4) is 0 Å². The zero-order valence-corrected chi connectivity index (χ0v) is 8.26. The minimum atomic E-state index is 0.198. The summed E-state index contributed by atoms with van der Waals surface area (Å²) in [5.74, 6) is 0.210. The van der Waals surface area contributed by atoms with Crippen LogP contribution in [0.5, 0.6) is 0 Å². The van der Waals surface area contributed by atoms with E-state index < -0.39 is 0 Å². The molecular weight excluding hydrogens is 186 g/mol. The van der Waals surface area contributed by atoms with Gasteiger partial charge in [-0.05, 0) is 23.3 Å². The third-order valence-electron chi connectivity index (χ3n) is 2.97. The van der Waals surface area contributed by atoms with E-state index in [1.165, 1.54) is 11.1 Å². The van der Waals surface area contributed by atoms with Gasteiger partial charge in [-0.2, -0.15) is 0 Å². The van der Waals surface area contributed by atoms with E-state index in [4.69, 9.17) is 0 Å². The second-order valence-electron chi connectivity index (χ2n) is 3.89. The number of ketones is 1. The molecule has 0 amide bonds. The fourth-order valence-corrected chi connectivity index (χ4v) is 2.19. The summed E-state index contributed by atoms with van der Waals surface area (Å²) in [6.07, 6.45) is 8.22. The number of nitrogens with zero attached hydrogens (tertiary/aromatic N) is 1. The molecule has 15 heavy (non-hydrogen) atoms. The average molecular weight is 197 g/mol. The van der Waals surface area contributed by atoms with E-state index >= 15 is 0 Å². The number of rotatable bonds is 0. The predicted octanol–water partition coefficient (Wildman–Crippen LogP) is 2.50. The van der Waals surface area contributed by atoms with E-state index in [0.717, 1.165) is 0 Å². The summed E-state index contributed by atoms with van der Waals surface area (Å²) in [6, 6.07) is 8.44. The van der Waals surface area contributed by atoms with Crippen molar-refractivity contribution >= 4 is 11.9 Å². The highest BCUT2D eigenvalue weighted by atomic mass is 16.1. The first kappa shape index (κ1) is 8.48. The van der Waals surface area contributed by atoms with Crippen LogP contribution in [0.3, 0.4) is 0 Å². The quantitative estimate of drug-likeness (QED) is 0.637. The van der Waals surface area contributed by atoms with Crippen LogP contribution in [0.15, 0.2) is 42.7 Å². The van der Waals surface area contributed by atoms with Gasteiger partial charge in [-0.25, -0.2) is 0 Å². The Morgan fingerprint density at radius 3 is 2.87 bits per heavy atom. The highest BCUT2D eigenvalue weighted by Gasteiger charge is 2.26. The molecule has 2 heteroatoms. The fourth-order valence-electron chi connectivity index (χ4n) is 2.19. The van der Waals surface area contributed by atoms with Gasteiger partial charge in [-0.15, -0.1) is 0 Å². The Morgan fingerprint density at radius 2 is 1.93 bits per heavy atom. The van der Waals surface area contributed by atoms with Gasteiger partial charge in [-0.3, -0.25) is 4.79 Å². The summed E-state index contributed by atoms with van der Waals surface area (Å²) in [5.41, 5.74) is 2.47. The van der Waals surface area contributed by atoms with Gasteiger partial charge in [0.05, 0.1) is 6.04 Å². The summed E-state index contributed by atoms with van der Waals surface area (Å²) in [4.78, 5) is 13.5. The summed E-state index contributed by atoms with van der Waals surface area (Å²) in [5, 5.41) is 0. The zero-order valence-electron chi connectivity index (χ0n) is 8.26. The van der Waals surface area contributed by atoms with Crippen molar-refractivity contribution in [3.63, 3.8) is 0 Å². The second-order valence-corrected chi connectivity index (χ2v) is 3.89. The van der Waals surface area contributed by atoms with Crippen molar-refractivity contribution in [1.82, 2.24) is 4.90 Å². The molecule has 3 rings (SSSR count). The summed E-state index contributed by atoms with van der Waals surface area (Å²) < 4.78 is 0. The molecule has 0 radical (unpaired) electrons. The van der Waals surface area contributed by atoms with Crippen LogP contribution in [-0.4, -0.2) is 10.7 Å². The molecule has 0 saturated heterocycles. The van der Waals surface area contributed by atoms with Crippen molar-refractivity contribution in [2.45, 2.75) is 12.5 Å². The minimum Gasteiger partial charge on any atom is -0.346 e. The molecule has 1 unspecified atom stereocenters. The first-order valence-corrected chi connectivity index (χ1v) is 5.10. The molecule has 2 aliphatic rings. The Hall–Kier alpha value is -1.83. The smallest absolute Gasteiger partial charge is 0.159 e. The first-order chi connectivity index (χ1) is 7.34. The maximum absolute atomic E-state index is 11.4. The molecule has 2 heterocycles. The Labute approximate surface area is 88.5 Å². The van der Waals surface area contributed by atoms with Crippen LogP contribution < -0.4 is 0 Å². The van der Waals surface area contributed by atoms with Gasteiger partial charge in [0.15, 0.2) is 5.78 Å². The first-order valence-electron chi connectivity index (χ1n) is 5.10. The number of benzene rings is 1. The lowest BCUT2D eigenvalue weighted by molar-refractivity contribution is -0.116. The summed E-state index contributed by atoms with van der Waals surface area (Å²) in [6.45, 7) is 0. The monoisotopic (exact) mass is 197 g/mol. The highest BCUT2D eigenvalue weighted by Crippen LogP contribution is 2.34. The van der Waals surface area contributed by atoms with Gasteiger partial charge >= 0.3 is 0 Å². The maximum Gasteiger partial charge on any atom is 0.159 e. The van der Waals surface area contributed by atoms with Gasteiger partial charge in [0.1, 0.15) is 0 Å². The summed E-state index contributed by atoms with van der Waals surface area (Å²) in [7, 11) is 0. The number of hydrogen-bond donors (Lipinski definition) is 0. The van der Waals surface area contributed by atoms with Crippen LogP contribution >= 0.6 is 0 Å². The number of fused-ring (bicyclic) bond motifs is 3. The lowest BCUT2D eigenvalue weighted by Gasteiger charge is -2.34. The maximum atomic E-state index is 11.4. The van der Waals surface area contributed by atoms with E-state index in [0.29, 0.717) is 6.42 Å². The third kappa shape index (κ3) is 1.30. The molecule has 1 aromatic carbocycles. The molecule has 0 fully saturated rings. The van der Waals surface area contributed by atoms with Crippen molar-refractivity contribution < 1.29 is 4.79 Å². The third-order valence-corrected chi connectivity index (χ3v) is 2.97. The standard InChI is InChI=1S/C13H11NO/c15-11-6-8-14-7-5-10-3-1-2-4-12(10)13(14)9-11/h1-8,13H,9H2. The Morgan fingerprint density at radius 1 is 1.13 bits per heavy atom. The molecule has 0 spiro atoms. The molecule has 1 atom stereocenters. The normalized spacial score (nSPS) is 22.5. The van der Waals surface area contributed by atoms with Crippen LogP contribution in [0.2, 0.25) is 0 Å². The van der Waals surface area contributed by atoms with E-state index in [1.54, 1.807) is 6.08 Å². The van der Waals surface area contributed by atoms with E-state index in [1.807, 2.05) is 24.5 Å². The highest BCUT2D eigenvalue weighted by molar-refractivity contribution is 5.91. The predicted molar refractivity (Wildman–Crippen MR) is 58.8 cm³/mol. The van der Waals surface area contributed by atoms with E-state index in [2.05, 4.69) is 23.1 Å². The molecular formula is C13H11NO. The van der Waals surface area contributed by atoms with Crippen molar-refractivity contribution in [2.24, 2.45) is 0 Å². The molecule has 0 N–H and O–H groups in total. The van der Waals surface area contributed by atoms with Crippen LogP contribution in [0.4, 0.5) is 0 Å². The van der Waals surface area contributed by atoms with Gasteiger partial charge in [0.25, 0.3) is 0 Å². The number of carbonyl (C=O) groups is 1. The topological polar surface area (TPSA) is 20.3 Å². The van der Waals surface area contributed by atoms with Crippen molar-refractivity contribution in [3.05, 3.63) is 53.9 Å². The number of hydrogen-bond acceptors (Lipinski definition) is 2. The second kappa shape index (κ2) is 3.09. The number of carbonyl (C=O) groups excluding carboxylic acids is 1. The largest absolute Gasteiger partial charge is 0.346 e. The Bertz CT molecular complexity index is 473. The van der Waals surface area contributed by atoms with Crippen LogP contribution in [0, 0.1) is 0 Å². The van der Waals surface area contributed by atoms with Gasteiger partial charge in [0.2, 0.25) is 0 Å². The molecule has 1 aromatic rings. The molecule has 0 aliphatic carbocycles. The zero-order chi connectivity index (χ0) is 10.3. The van der Waals surface area contributed by atoms with Crippen molar-refractivity contribution in [1.29, 1.82) is 0 Å². The molecule has 2 nitrogen and oxygen atoms in total. The summed E-state index contributed by atoms with van der Waals surface area (Å²) >= 11 is 0. The van der Waals surface area contributed by atoms with Crippen molar-refractivity contribution in [2.75, 3.05) is 0 Å². The fraction of sp³-hybridized carbons (Fsp3) is 0.154. The molecule has 0 bridgehead atoms. The minimum absolute atomic E-state index is 0.198. The Kier molecular flexibility index (Phi) is 1.75. The van der Waals surface area contributed by atoms with Crippen LogP contribution in [0.1, 0.15) is 23.6 Å². The lowest BCUT2D eigenvalue weighted by Crippen LogP contribution is -2.27. The molecule has 74 valence electrons. The average Bonchev–Trinajstić information content (AvgIpc) is 2.29. The SMILES string of the molecule is O=C1C=CN2C=Cc3ccccc3C2C1. The van der Waals surface area contributed by atoms with Crippen LogP contribution in [0.25, 0.3) is 6.08 Å². The number of allylic oxidation sites excluding steroid dienone is 1. The Balaban J connectivity index is 2.11.